The maximum absolute atomic E-state index is 13.2. The lowest BCUT2D eigenvalue weighted by atomic mass is 10.2. The molecule has 0 spiro atoms. The molecular weight excluding hydrogens is 300 g/mol. The highest BCUT2D eigenvalue weighted by Gasteiger charge is 2.03. The lowest BCUT2D eigenvalue weighted by Crippen LogP contribution is -2.00. The molecule has 20 heavy (non-hydrogen) atoms. The Morgan fingerprint density at radius 3 is 2.60 bits per heavy atom. The fourth-order valence-corrected chi connectivity index (χ4v) is 2.28. The van der Waals surface area contributed by atoms with E-state index in [1.165, 1.54) is 12.1 Å². The van der Waals surface area contributed by atoms with E-state index < -0.39 is 0 Å². The molecule has 5 heteroatoms. The van der Waals surface area contributed by atoms with E-state index in [1.54, 1.807) is 18.2 Å². The van der Waals surface area contributed by atoms with E-state index in [0.29, 0.717) is 28.9 Å². The lowest BCUT2D eigenvalue weighted by Gasteiger charge is -2.10. The minimum absolute atomic E-state index is 0.348. The van der Waals surface area contributed by atoms with Gasteiger partial charge in [0, 0.05) is 17.3 Å². The topological polar surface area (TPSA) is 21.3 Å². The molecule has 0 saturated heterocycles. The highest BCUT2D eigenvalue weighted by molar-refractivity contribution is 6.32. The van der Waals surface area contributed by atoms with Crippen molar-refractivity contribution in [2.45, 2.75) is 13.5 Å². The zero-order chi connectivity index (χ0) is 14.5. The molecular formula is C15H14Cl2FNO. The summed E-state index contributed by atoms with van der Waals surface area (Å²) in [5.41, 5.74) is 1.60. The molecule has 0 aromatic heterocycles. The summed E-state index contributed by atoms with van der Waals surface area (Å²) in [6, 6.07) is 9.86. The molecule has 0 fully saturated rings. The number of hydrogen-bond donors (Lipinski definition) is 1. The summed E-state index contributed by atoms with van der Waals surface area (Å²) in [4.78, 5) is 0. The zero-order valence-electron chi connectivity index (χ0n) is 10.9. The molecule has 2 rings (SSSR count). The van der Waals surface area contributed by atoms with E-state index in [-0.39, 0.29) is 5.82 Å². The quantitative estimate of drug-likeness (QED) is 0.824. The van der Waals surface area contributed by atoms with Gasteiger partial charge in [0.1, 0.15) is 11.6 Å². The van der Waals surface area contributed by atoms with Gasteiger partial charge < -0.3 is 10.1 Å². The fraction of sp³-hybridized carbons (Fsp3) is 0.200. The van der Waals surface area contributed by atoms with E-state index in [4.69, 9.17) is 27.9 Å². The van der Waals surface area contributed by atoms with Gasteiger partial charge in [0.2, 0.25) is 0 Å². The standard InChI is InChI=1S/C15H14Cl2FNO/c1-2-20-15-4-3-13(8-14(15)17)19-9-10-5-11(16)7-12(18)6-10/h3-8,19H,2,9H2,1H3. The number of nitrogens with one attached hydrogen (secondary N) is 1. The second-order valence-electron chi connectivity index (χ2n) is 4.21. The number of rotatable bonds is 5. The van der Waals surface area contributed by atoms with Crippen molar-refractivity contribution in [2.24, 2.45) is 0 Å². The first-order chi connectivity index (χ1) is 9.58. The van der Waals surface area contributed by atoms with Crippen molar-refractivity contribution in [3.63, 3.8) is 0 Å². The van der Waals surface area contributed by atoms with Crippen molar-refractivity contribution in [3.8, 4) is 5.75 Å². The highest BCUT2D eigenvalue weighted by atomic mass is 35.5. The molecule has 0 radical (unpaired) electrons. The van der Waals surface area contributed by atoms with Crippen LogP contribution in [0.25, 0.3) is 0 Å². The molecule has 0 atom stereocenters. The number of benzene rings is 2. The second kappa shape index (κ2) is 6.82. The largest absolute Gasteiger partial charge is 0.492 e. The average molecular weight is 314 g/mol. The molecule has 0 unspecified atom stereocenters. The Morgan fingerprint density at radius 1 is 1.15 bits per heavy atom. The fourth-order valence-electron chi connectivity index (χ4n) is 1.80. The first-order valence-electron chi connectivity index (χ1n) is 6.19. The van der Waals surface area contributed by atoms with Crippen molar-refractivity contribution in [1.29, 1.82) is 0 Å². The molecule has 0 heterocycles. The van der Waals surface area contributed by atoms with Crippen LogP contribution < -0.4 is 10.1 Å². The molecule has 1 N–H and O–H groups in total. The summed E-state index contributed by atoms with van der Waals surface area (Å²) in [5.74, 6) is 0.299. The summed E-state index contributed by atoms with van der Waals surface area (Å²) >= 11 is 11.9. The molecule has 0 aliphatic carbocycles. The first-order valence-corrected chi connectivity index (χ1v) is 6.95. The predicted molar refractivity (Wildman–Crippen MR) is 81.4 cm³/mol. The summed E-state index contributed by atoms with van der Waals surface area (Å²) in [7, 11) is 0. The summed E-state index contributed by atoms with van der Waals surface area (Å²) in [5, 5.41) is 4.08. The maximum atomic E-state index is 13.2. The van der Waals surface area contributed by atoms with Crippen LogP contribution in [0, 0.1) is 5.82 Å². The summed E-state index contributed by atoms with van der Waals surface area (Å²) < 4.78 is 18.6. The van der Waals surface area contributed by atoms with Crippen LogP contribution in [0.5, 0.6) is 5.75 Å². The zero-order valence-corrected chi connectivity index (χ0v) is 12.4. The Hall–Kier alpha value is -1.45. The third kappa shape index (κ3) is 4.02. The van der Waals surface area contributed by atoms with Crippen molar-refractivity contribution < 1.29 is 9.13 Å². The molecule has 0 bridgehead atoms. The third-order valence-corrected chi connectivity index (χ3v) is 3.16. The SMILES string of the molecule is CCOc1ccc(NCc2cc(F)cc(Cl)c2)cc1Cl. The van der Waals surface area contributed by atoms with Crippen LogP contribution in [0.1, 0.15) is 12.5 Å². The van der Waals surface area contributed by atoms with E-state index in [1.807, 2.05) is 13.0 Å². The monoisotopic (exact) mass is 313 g/mol. The van der Waals surface area contributed by atoms with Crippen LogP contribution in [0.15, 0.2) is 36.4 Å². The molecule has 106 valence electrons. The van der Waals surface area contributed by atoms with Gasteiger partial charge in [-0.05, 0) is 48.9 Å². The van der Waals surface area contributed by atoms with Gasteiger partial charge in [0.05, 0.1) is 11.6 Å². The summed E-state index contributed by atoms with van der Waals surface area (Å²) in [6.07, 6.45) is 0. The Labute approximate surface area is 127 Å². The van der Waals surface area contributed by atoms with Gasteiger partial charge >= 0.3 is 0 Å². The van der Waals surface area contributed by atoms with Gasteiger partial charge in [0.15, 0.2) is 0 Å². The number of anilines is 1. The molecule has 0 aliphatic heterocycles. The van der Waals surface area contributed by atoms with Crippen LogP contribution in [0.4, 0.5) is 10.1 Å². The Balaban J connectivity index is 2.05. The Morgan fingerprint density at radius 2 is 1.95 bits per heavy atom. The van der Waals surface area contributed by atoms with Crippen molar-refractivity contribution in [2.75, 3.05) is 11.9 Å². The van der Waals surface area contributed by atoms with Gasteiger partial charge in [-0.1, -0.05) is 23.2 Å². The smallest absolute Gasteiger partial charge is 0.138 e. The molecule has 2 aromatic rings. The van der Waals surface area contributed by atoms with E-state index in [9.17, 15) is 4.39 Å². The number of ether oxygens (including phenoxy) is 1. The van der Waals surface area contributed by atoms with E-state index in [0.717, 1.165) is 11.3 Å². The van der Waals surface area contributed by atoms with Gasteiger partial charge in [-0.3, -0.25) is 0 Å². The molecule has 0 saturated carbocycles. The predicted octanol–water partition coefficient (Wildman–Crippen LogP) is 5.14. The summed E-state index contributed by atoms with van der Waals surface area (Å²) in [6.45, 7) is 2.92. The highest BCUT2D eigenvalue weighted by Crippen LogP contribution is 2.28. The lowest BCUT2D eigenvalue weighted by molar-refractivity contribution is 0.340. The molecule has 0 aliphatic rings. The molecule has 2 nitrogen and oxygen atoms in total. The average Bonchev–Trinajstić information content (AvgIpc) is 2.38. The van der Waals surface area contributed by atoms with Crippen LogP contribution in [0.2, 0.25) is 10.0 Å². The van der Waals surface area contributed by atoms with Crippen LogP contribution in [0.3, 0.4) is 0 Å². The third-order valence-electron chi connectivity index (χ3n) is 2.65. The van der Waals surface area contributed by atoms with Gasteiger partial charge in [-0.25, -0.2) is 4.39 Å². The second-order valence-corrected chi connectivity index (χ2v) is 5.05. The maximum Gasteiger partial charge on any atom is 0.138 e. The van der Waals surface area contributed by atoms with Crippen molar-refractivity contribution >= 4 is 28.9 Å². The van der Waals surface area contributed by atoms with Crippen molar-refractivity contribution in [1.82, 2.24) is 0 Å². The first kappa shape index (κ1) is 14.9. The minimum atomic E-state index is -0.348. The molecule has 0 amide bonds. The normalized spacial score (nSPS) is 10.4. The van der Waals surface area contributed by atoms with Gasteiger partial charge in [-0.2, -0.15) is 0 Å². The van der Waals surface area contributed by atoms with E-state index >= 15 is 0 Å². The Bertz CT molecular complexity index is 584. The van der Waals surface area contributed by atoms with Gasteiger partial charge in [0.25, 0.3) is 0 Å². The number of halogens is 3. The molecule has 2 aromatic carbocycles. The van der Waals surface area contributed by atoms with Crippen molar-refractivity contribution in [3.05, 3.63) is 57.8 Å². The van der Waals surface area contributed by atoms with Crippen LogP contribution in [-0.2, 0) is 6.54 Å². The van der Waals surface area contributed by atoms with Crippen LogP contribution >= 0.6 is 23.2 Å². The van der Waals surface area contributed by atoms with Crippen LogP contribution in [-0.4, -0.2) is 6.61 Å². The van der Waals surface area contributed by atoms with E-state index in [2.05, 4.69) is 5.32 Å². The number of hydrogen-bond acceptors (Lipinski definition) is 2. The van der Waals surface area contributed by atoms with Gasteiger partial charge in [-0.15, -0.1) is 0 Å². The Kier molecular flexibility index (Phi) is 5.10. The minimum Gasteiger partial charge on any atom is -0.492 e.